The number of halogens is 1. The monoisotopic (exact) mass is 338 g/mol. The maximum Gasteiger partial charge on any atom is 0.171 e. The Morgan fingerprint density at radius 2 is 1.85 bits per heavy atom. The first-order valence-corrected chi connectivity index (χ1v) is 7.39. The minimum absolute atomic E-state index is 0. The number of fused-ring (bicyclic) bond motifs is 1. The summed E-state index contributed by atoms with van der Waals surface area (Å²) in [5.74, 6) is 0. The van der Waals surface area contributed by atoms with E-state index in [1.807, 2.05) is 0 Å². The molecule has 2 heterocycles. The molecule has 0 saturated carbocycles. The van der Waals surface area contributed by atoms with Crippen molar-refractivity contribution in [3.05, 3.63) is 35.4 Å². The van der Waals surface area contributed by atoms with Gasteiger partial charge in [-0.25, -0.2) is 4.58 Å². The average molecular weight is 339 g/mol. The van der Waals surface area contributed by atoms with Gasteiger partial charge in [-0.1, -0.05) is 18.2 Å². The van der Waals surface area contributed by atoms with Crippen LogP contribution in [0.1, 0.15) is 11.1 Å². The van der Waals surface area contributed by atoms with Gasteiger partial charge in [0.05, 0.1) is 6.54 Å². The topological polar surface area (TPSA) is 9.49 Å². The first-order valence-electron chi connectivity index (χ1n) is 7.39. The van der Waals surface area contributed by atoms with E-state index in [0.29, 0.717) is 0 Å². The quantitative estimate of drug-likeness (QED) is 0.772. The van der Waals surface area contributed by atoms with Crippen molar-refractivity contribution in [2.24, 2.45) is 0 Å². The molecule has 1 aromatic rings. The van der Waals surface area contributed by atoms with E-state index in [-0.39, 0.29) is 17.0 Å². The molecule has 4 heteroatoms. The third-order valence-electron chi connectivity index (χ3n) is 4.34. The summed E-state index contributed by atoms with van der Waals surface area (Å²) in [5.41, 5.74) is 2.91. The SMILES string of the molecule is Br.CN1CCN(CC[N+]2=Cc3ccccc3CC2)CC1. The minimum Gasteiger partial charge on any atom is -0.304 e. The number of piperazine rings is 1. The zero-order chi connectivity index (χ0) is 13.1. The summed E-state index contributed by atoms with van der Waals surface area (Å²) in [5, 5.41) is 0. The lowest BCUT2D eigenvalue weighted by Gasteiger charge is -2.31. The van der Waals surface area contributed by atoms with E-state index in [1.165, 1.54) is 56.8 Å². The molecule has 1 aromatic carbocycles. The molecule has 2 aliphatic rings. The third kappa shape index (κ3) is 3.90. The van der Waals surface area contributed by atoms with Gasteiger partial charge in [0.2, 0.25) is 0 Å². The zero-order valence-electron chi connectivity index (χ0n) is 12.3. The smallest absolute Gasteiger partial charge is 0.171 e. The minimum atomic E-state index is 0. The van der Waals surface area contributed by atoms with Crippen LogP contribution >= 0.6 is 17.0 Å². The number of likely N-dealkylation sites (N-methyl/N-ethyl adjacent to an activating group) is 1. The molecule has 3 rings (SSSR count). The number of benzene rings is 1. The first-order chi connectivity index (χ1) is 9.31. The Hall–Kier alpha value is -0.710. The van der Waals surface area contributed by atoms with Crippen molar-refractivity contribution in [2.75, 3.05) is 52.9 Å². The predicted molar refractivity (Wildman–Crippen MR) is 89.6 cm³/mol. The molecule has 0 radical (unpaired) electrons. The van der Waals surface area contributed by atoms with Gasteiger partial charge in [-0.3, -0.25) is 4.90 Å². The zero-order valence-corrected chi connectivity index (χ0v) is 14.0. The molecule has 3 nitrogen and oxygen atoms in total. The molecule has 0 N–H and O–H groups in total. The van der Waals surface area contributed by atoms with Gasteiger partial charge in [0, 0.05) is 38.2 Å². The van der Waals surface area contributed by atoms with Crippen LogP contribution in [0.15, 0.2) is 24.3 Å². The molecule has 0 spiro atoms. The second-order valence-corrected chi connectivity index (χ2v) is 5.76. The predicted octanol–water partition coefficient (Wildman–Crippen LogP) is 1.50. The van der Waals surface area contributed by atoms with Crippen LogP contribution in [-0.2, 0) is 6.42 Å². The Balaban J connectivity index is 0.00000147. The van der Waals surface area contributed by atoms with E-state index in [4.69, 9.17) is 0 Å². The normalized spacial score (nSPS) is 19.9. The molecule has 0 atom stereocenters. The standard InChI is InChI=1S/C16H24N3.BrH/c1-17-8-10-18(11-9-17)12-13-19-7-6-15-4-2-3-5-16(15)14-19;/h2-5,14H,6-13H2,1H3;1H/q+1;. The maximum absolute atomic E-state index is 2.59. The molecular weight excluding hydrogens is 314 g/mol. The fourth-order valence-electron chi connectivity index (χ4n) is 2.93. The molecule has 1 saturated heterocycles. The van der Waals surface area contributed by atoms with E-state index in [0.717, 1.165) is 6.54 Å². The molecule has 0 bridgehead atoms. The number of hydrogen-bond acceptors (Lipinski definition) is 2. The first kappa shape index (κ1) is 15.7. The fourth-order valence-corrected chi connectivity index (χ4v) is 2.93. The molecule has 0 unspecified atom stereocenters. The van der Waals surface area contributed by atoms with E-state index in [9.17, 15) is 0 Å². The Bertz CT molecular complexity index is 465. The van der Waals surface area contributed by atoms with Crippen molar-refractivity contribution in [3.8, 4) is 0 Å². The molecule has 110 valence electrons. The summed E-state index contributed by atoms with van der Waals surface area (Å²) in [7, 11) is 2.21. The summed E-state index contributed by atoms with van der Waals surface area (Å²) < 4.78 is 2.49. The number of nitrogens with zero attached hydrogens (tertiary/aromatic N) is 3. The Labute approximate surface area is 132 Å². The van der Waals surface area contributed by atoms with Crippen molar-refractivity contribution in [1.82, 2.24) is 9.80 Å². The van der Waals surface area contributed by atoms with Crippen LogP contribution in [0.2, 0.25) is 0 Å². The maximum atomic E-state index is 2.59. The van der Waals surface area contributed by atoms with E-state index in [1.54, 1.807) is 0 Å². The Morgan fingerprint density at radius 3 is 2.65 bits per heavy atom. The molecule has 1 fully saturated rings. The number of hydrogen-bond donors (Lipinski definition) is 0. The average Bonchev–Trinajstić information content (AvgIpc) is 2.46. The van der Waals surface area contributed by atoms with Gasteiger partial charge >= 0.3 is 0 Å². The van der Waals surface area contributed by atoms with E-state index in [2.05, 4.69) is 51.9 Å². The molecule has 20 heavy (non-hydrogen) atoms. The molecule has 0 aliphatic carbocycles. The van der Waals surface area contributed by atoms with Gasteiger partial charge in [-0.2, -0.15) is 0 Å². The highest BCUT2D eigenvalue weighted by molar-refractivity contribution is 8.93. The lowest BCUT2D eigenvalue weighted by Crippen LogP contribution is -2.46. The molecule has 0 aromatic heterocycles. The molecule has 2 aliphatic heterocycles. The van der Waals surface area contributed by atoms with Crippen molar-refractivity contribution in [1.29, 1.82) is 0 Å². The Kier molecular flexibility index (Phi) is 5.75. The van der Waals surface area contributed by atoms with Gasteiger partial charge in [-0.15, -0.1) is 17.0 Å². The van der Waals surface area contributed by atoms with Crippen molar-refractivity contribution < 1.29 is 4.58 Å². The fraction of sp³-hybridized carbons (Fsp3) is 0.562. The summed E-state index contributed by atoms with van der Waals surface area (Å²) in [6.07, 6.45) is 3.53. The van der Waals surface area contributed by atoms with Gasteiger partial charge in [0.1, 0.15) is 6.54 Å². The van der Waals surface area contributed by atoms with Crippen LogP contribution in [0.25, 0.3) is 0 Å². The molecular formula is C16H25BrN3+. The highest BCUT2D eigenvalue weighted by Gasteiger charge is 2.18. The lowest BCUT2D eigenvalue weighted by molar-refractivity contribution is -0.524. The van der Waals surface area contributed by atoms with Gasteiger partial charge in [0.15, 0.2) is 12.8 Å². The summed E-state index contributed by atoms with van der Waals surface area (Å²) in [6, 6.07) is 8.77. The number of rotatable bonds is 3. The van der Waals surface area contributed by atoms with Gasteiger partial charge < -0.3 is 4.90 Å². The van der Waals surface area contributed by atoms with Gasteiger partial charge in [-0.05, 0) is 18.7 Å². The van der Waals surface area contributed by atoms with Crippen molar-refractivity contribution in [3.63, 3.8) is 0 Å². The second kappa shape index (κ2) is 7.34. The summed E-state index contributed by atoms with van der Waals surface area (Å²) in [6.45, 7) is 8.41. The van der Waals surface area contributed by atoms with Crippen LogP contribution in [0.4, 0.5) is 0 Å². The largest absolute Gasteiger partial charge is 0.304 e. The van der Waals surface area contributed by atoms with Crippen LogP contribution in [0, 0.1) is 0 Å². The molecule has 0 amide bonds. The lowest BCUT2D eigenvalue weighted by atomic mass is 10.0. The van der Waals surface area contributed by atoms with E-state index >= 15 is 0 Å². The van der Waals surface area contributed by atoms with Crippen LogP contribution in [-0.4, -0.2) is 73.5 Å². The van der Waals surface area contributed by atoms with Crippen molar-refractivity contribution in [2.45, 2.75) is 6.42 Å². The van der Waals surface area contributed by atoms with Crippen molar-refractivity contribution >= 4 is 23.2 Å². The Morgan fingerprint density at radius 1 is 1.10 bits per heavy atom. The second-order valence-electron chi connectivity index (χ2n) is 5.76. The third-order valence-corrected chi connectivity index (χ3v) is 4.34. The van der Waals surface area contributed by atoms with Gasteiger partial charge in [0.25, 0.3) is 0 Å². The van der Waals surface area contributed by atoms with Crippen LogP contribution in [0.5, 0.6) is 0 Å². The highest BCUT2D eigenvalue weighted by atomic mass is 79.9. The van der Waals surface area contributed by atoms with Crippen LogP contribution in [0.3, 0.4) is 0 Å². The highest BCUT2D eigenvalue weighted by Crippen LogP contribution is 2.11. The van der Waals surface area contributed by atoms with E-state index < -0.39 is 0 Å². The summed E-state index contributed by atoms with van der Waals surface area (Å²) >= 11 is 0. The summed E-state index contributed by atoms with van der Waals surface area (Å²) in [4.78, 5) is 5.01. The van der Waals surface area contributed by atoms with Crippen LogP contribution < -0.4 is 0 Å².